The minimum atomic E-state index is -0.782. The number of ether oxygens (including phenoxy) is 1. The highest BCUT2D eigenvalue weighted by Gasteiger charge is 2.41. The molecule has 0 aliphatic carbocycles. The van der Waals surface area contributed by atoms with Crippen LogP contribution in [0.2, 0.25) is 0 Å². The average molecular weight is 368 g/mol. The van der Waals surface area contributed by atoms with Crippen molar-refractivity contribution in [2.24, 2.45) is 5.92 Å². The van der Waals surface area contributed by atoms with E-state index in [9.17, 15) is 9.59 Å². The third-order valence-corrected chi connectivity index (χ3v) is 4.60. The number of fused-ring (bicyclic) bond motifs is 1. The molecule has 0 spiro atoms. The van der Waals surface area contributed by atoms with Crippen LogP contribution in [0, 0.1) is 12.8 Å². The highest BCUT2D eigenvalue weighted by Crippen LogP contribution is 2.36. The van der Waals surface area contributed by atoms with Gasteiger partial charge in [-0.25, -0.2) is 4.98 Å². The second-order valence-electron chi connectivity index (χ2n) is 7.03. The zero-order valence-corrected chi connectivity index (χ0v) is 15.9. The van der Waals surface area contributed by atoms with E-state index in [4.69, 9.17) is 10.5 Å². The molecule has 2 amide bonds. The summed E-state index contributed by atoms with van der Waals surface area (Å²) in [5, 5.41) is 2.88. The number of hydrogen-bond donors (Lipinski definition) is 2. The van der Waals surface area contributed by atoms with E-state index in [1.165, 1.54) is 4.90 Å². The Kier molecular flexibility index (Phi) is 5.03. The van der Waals surface area contributed by atoms with Gasteiger partial charge in [0.2, 0.25) is 5.91 Å². The van der Waals surface area contributed by atoms with Crippen molar-refractivity contribution in [2.75, 3.05) is 16.0 Å². The van der Waals surface area contributed by atoms with Gasteiger partial charge >= 0.3 is 0 Å². The number of nitrogens with zero attached hydrogens (tertiary/aromatic N) is 2. The molecule has 0 saturated carbocycles. The van der Waals surface area contributed by atoms with E-state index in [2.05, 4.69) is 10.3 Å². The minimum Gasteiger partial charge on any atom is -0.476 e. The standard InChI is InChI=1S/C20H24N4O3/c1-11(2)17-20(26)24(18-15(27-17)9-10-16(21)23-18)13(4)19(25)22-14-8-6-5-7-12(14)3/h5-11,13,17H,1-4H3,(H2,21,23)(H,22,25). The molecule has 0 bridgehead atoms. The summed E-state index contributed by atoms with van der Waals surface area (Å²) in [4.78, 5) is 31.5. The number of aryl methyl sites for hydroxylation is 1. The SMILES string of the molecule is Cc1ccccc1NC(=O)C(C)N1C(=O)C(C(C)C)Oc2ccc(N)nc21. The Morgan fingerprint density at radius 3 is 2.59 bits per heavy atom. The summed E-state index contributed by atoms with van der Waals surface area (Å²) in [7, 11) is 0. The van der Waals surface area contributed by atoms with Crippen LogP contribution in [0.3, 0.4) is 0 Å². The van der Waals surface area contributed by atoms with Crippen molar-refractivity contribution < 1.29 is 14.3 Å². The van der Waals surface area contributed by atoms with Crippen molar-refractivity contribution in [3.8, 4) is 5.75 Å². The molecular weight excluding hydrogens is 344 g/mol. The second kappa shape index (κ2) is 7.26. The monoisotopic (exact) mass is 368 g/mol. The molecule has 1 aliphatic heterocycles. The number of hydrogen-bond acceptors (Lipinski definition) is 5. The van der Waals surface area contributed by atoms with Crippen LogP contribution in [0.15, 0.2) is 36.4 Å². The summed E-state index contributed by atoms with van der Waals surface area (Å²) in [6, 6.07) is 9.99. The number of para-hydroxylation sites is 1. The number of benzene rings is 1. The van der Waals surface area contributed by atoms with E-state index >= 15 is 0 Å². The van der Waals surface area contributed by atoms with E-state index in [1.807, 2.05) is 45.0 Å². The molecule has 0 saturated heterocycles. The summed E-state index contributed by atoms with van der Waals surface area (Å²) >= 11 is 0. The van der Waals surface area contributed by atoms with Gasteiger partial charge in [0.15, 0.2) is 17.7 Å². The van der Waals surface area contributed by atoms with Crippen LogP contribution in [0.4, 0.5) is 17.3 Å². The Balaban J connectivity index is 1.95. The molecule has 7 nitrogen and oxygen atoms in total. The lowest BCUT2D eigenvalue weighted by molar-refractivity contribution is -0.130. The van der Waals surface area contributed by atoms with Gasteiger partial charge in [-0.15, -0.1) is 0 Å². The number of pyridine rings is 1. The highest BCUT2D eigenvalue weighted by atomic mass is 16.5. The number of rotatable bonds is 4. The Morgan fingerprint density at radius 1 is 1.22 bits per heavy atom. The maximum atomic E-state index is 13.0. The van der Waals surface area contributed by atoms with Gasteiger partial charge < -0.3 is 15.8 Å². The molecule has 3 rings (SSSR count). The first-order valence-electron chi connectivity index (χ1n) is 8.92. The quantitative estimate of drug-likeness (QED) is 0.865. The zero-order valence-electron chi connectivity index (χ0n) is 15.9. The van der Waals surface area contributed by atoms with Crippen LogP contribution in [-0.4, -0.2) is 28.9 Å². The molecule has 2 aromatic rings. The number of nitrogens with two attached hydrogens (primary N) is 1. The molecule has 7 heteroatoms. The molecule has 1 aliphatic rings. The average Bonchev–Trinajstić information content (AvgIpc) is 2.62. The molecule has 2 atom stereocenters. The van der Waals surface area contributed by atoms with Gasteiger partial charge in [-0.05, 0) is 43.5 Å². The Labute approximate surface area is 158 Å². The van der Waals surface area contributed by atoms with Crippen LogP contribution < -0.4 is 20.7 Å². The number of carbonyl (C=O) groups is 2. The predicted octanol–water partition coefficient (Wildman–Crippen LogP) is 2.75. The number of carbonyl (C=O) groups excluding carboxylic acids is 2. The molecule has 3 N–H and O–H groups in total. The van der Waals surface area contributed by atoms with E-state index in [-0.39, 0.29) is 29.4 Å². The van der Waals surface area contributed by atoms with E-state index in [1.54, 1.807) is 19.1 Å². The topological polar surface area (TPSA) is 97.5 Å². The van der Waals surface area contributed by atoms with Crippen LogP contribution in [-0.2, 0) is 9.59 Å². The molecule has 0 fully saturated rings. The summed E-state index contributed by atoms with van der Waals surface area (Å²) in [6.45, 7) is 7.37. The van der Waals surface area contributed by atoms with Crippen LogP contribution >= 0.6 is 0 Å². The molecule has 142 valence electrons. The maximum absolute atomic E-state index is 13.0. The van der Waals surface area contributed by atoms with E-state index in [0.29, 0.717) is 11.4 Å². The fraction of sp³-hybridized carbons (Fsp3) is 0.350. The van der Waals surface area contributed by atoms with Gasteiger partial charge in [-0.1, -0.05) is 32.0 Å². The molecule has 2 unspecified atom stereocenters. The number of amides is 2. The van der Waals surface area contributed by atoms with Crippen molar-refractivity contribution in [1.29, 1.82) is 0 Å². The Bertz CT molecular complexity index is 881. The molecule has 1 aromatic carbocycles. The molecule has 1 aromatic heterocycles. The van der Waals surface area contributed by atoms with Crippen molar-refractivity contribution >= 4 is 29.1 Å². The first kappa shape index (κ1) is 18.7. The first-order valence-corrected chi connectivity index (χ1v) is 8.92. The van der Waals surface area contributed by atoms with Gasteiger partial charge in [0, 0.05) is 5.69 Å². The summed E-state index contributed by atoms with van der Waals surface area (Å²) in [6.07, 6.45) is -0.684. The minimum absolute atomic E-state index is 0.0580. The van der Waals surface area contributed by atoms with Crippen LogP contribution in [0.25, 0.3) is 0 Å². The van der Waals surface area contributed by atoms with Gasteiger partial charge in [0.25, 0.3) is 5.91 Å². The summed E-state index contributed by atoms with van der Waals surface area (Å²) in [5.41, 5.74) is 7.44. The van der Waals surface area contributed by atoms with Crippen LogP contribution in [0.5, 0.6) is 5.75 Å². The lowest BCUT2D eigenvalue weighted by atomic mass is 10.0. The Hall–Kier alpha value is -3.09. The number of nitrogens with one attached hydrogen (secondary N) is 1. The molecular formula is C20H24N4O3. The first-order chi connectivity index (χ1) is 12.8. The molecule has 2 heterocycles. The lowest BCUT2D eigenvalue weighted by Gasteiger charge is -2.37. The van der Waals surface area contributed by atoms with Crippen LogP contribution in [0.1, 0.15) is 26.3 Å². The smallest absolute Gasteiger partial charge is 0.270 e. The van der Waals surface area contributed by atoms with Gasteiger partial charge in [0.1, 0.15) is 11.9 Å². The number of nitrogen functional groups attached to an aromatic ring is 1. The highest BCUT2D eigenvalue weighted by molar-refractivity contribution is 6.07. The van der Waals surface area contributed by atoms with Gasteiger partial charge in [0.05, 0.1) is 0 Å². The fourth-order valence-corrected chi connectivity index (χ4v) is 3.01. The molecule has 27 heavy (non-hydrogen) atoms. The predicted molar refractivity (Wildman–Crippen MR) is 105 cm³/mol. The van der Waals surface area contributed by atoms with Gasteiger partial charge in [-0.3, -0.25) is 14.5 Å². The molecule has 0 radical (unpaired) electrons. The largest absolute Gasteiger partial charge is 0.476 e. The number of anilines is 3. The maximum Gasteiger partial charge on any atom is 0.270 e. The number of aromatic nitrogens is 1. The fourth-order valence-electron chi connectivity index (χ4n) is 3.01. The van der Waals surface area contributed by atoms with Crippen molar-refractivity contribution in [2.45, 2.75) is 39.8 Å². The normalized spacial score (nSPS) is 17.3. The van der Waals surface area contributed by atoms with E-state index in [0.717, 1.165) is 5.56 Å². The third kappa shape index (κ3) is 3.58. The lowest BCUT2D eigenvalue weighted by Crippen LogP contribution is -2.55. The summed E-state index contributed by atoms with van der Waals surface area (Å²) in [5.74, 6) is 0.296. The van der Waals surface area contributed by atoms with Crippen molar-refractivity contribution in [1.82, 2.24) is 4.98 Å². The van der Waals surface area contributed by atoms with Crippen molar-refractivity contribution in [3.05, 3.63) is 42.0 Å². The Morgan fingerprint density at radius 2 is 1.93 bits per heavy atom. The van der Waals surface area contributed by atoms with Gasteiger partial charge in [-0.2, -0.15) is 0 Å². The second-order valence-corrected chi connectivity index (χ2v) is 7.03. The zero-order chi connectivity index (χ0) is 19.7. The van der Waals surface area contributed by atoms with Crippen molar-refractivity contribution in [3.63, 3.8) is 0 Å². The third-order valence-electron chi connectivity index (χ3n) is 4.60. The van der Waals surface area contributed by atoms with E-state index < -0.39 is 12.1 Å². The summed E-state index contributed by atoms with van der Waals surface area (Å²) < 4.78 is 5.82.